The Balaban J connectivity index is 2.60. The predicted octanol–water partition coefficient (Wildman–Crippen LogP) is 3.21. The highest BCUT2D eigenvalue weighted by Gasteiger charge is 2.23. The zero-order valence-corrected chi connectivity index (χ0v) is 14.5. The topological polar surface area (TPSA) is 99.6 Å². The molecule has 0 fully saturated rings. The molecule has 0 spiro atoms. The van der Waals surface area contributed by atoms with E-state index in [-0.39, 0.29) is 21.4 Å². The lowest BCUT2D eigenvalue weighted by molar-refractivity contribution is 0.0282. The molecule has 0 radical (unpaired) electrons. The first-order chi connectivity index (χ1) is 9.75. The third-order valence-corrected chi connectivity index (χ3v) is 4.70. The standard InChI is InChI=1S/C13H20BrNO5S/c1-3-4-5-6-7-9(2)19-13(16)10-8-11(12(14)20-10)21(15,17)18/h8-9H,3-7H2,1-2H3,(H2,15,17,18). The van der Waals surface area contributed by atoms with E-state index >= 15 is 0 Å². The molecule has 0 saturated carbocycles. The fraction of sp³-hybridized carbons (Fsp3) is 0.615. The van der Waals surface area contributed by atoms with Crippen molar-refractivity contribution in [1.29, 1.82) is 0 Å². The lowest BCUT2D eigenvalue weighted by Gasteiger charge is -2.11. The van der Waals surface area contributed by atoms with Gasteiger partial charge in [-0.1, -0.05) is 26.2 Å². The van der Waals surface area contributed by atoms with E-state index in [2.05, 4.69) is 22.9 Å². The number of unbranched alkanes of at least 4 members (excludes halogenated alkanes) is 3. The van der Waals surface area contributed by atoms with Gasteiger partial charge in [-0.15, -0.1) is 0 Å². The third kappa shape index (κ3) is 5.80. The molecular formula is C13H20BrNO5S. The number of hydrogen-bond donors (Lipinski definition) is 1. The van der Waals surface area contributed by atoms with Crippen LogP contribution in [0.15, 0.2) is 20.0 Å². The normalized spacial score (nSPS) is 13.1. The van der Waals surface area contributed by atoms with Gasteiger partial charge in [-0.2, -0.15) is 0 Å². The molecule has 8 heteroatoms. The maximum absolute atomic E-state index is 11.9. The Morgan fingerprint density at radius 1 is 1.43 bits per heavy atom. The van der Waals surface area contributed by atoms with Crippen molar-refractivity contribution in [2.75, 3.05) is 0 Å². The number of ether oxygens (including phenoxy) is 1. The van der Waals surface area contributed by atoms with Crippen LogP contribution >= 0.6 is 15.9 Å². The summed E-state index contributed by atoms with van der Waals surface area (Å²) in [6.45, 7) is 3.92. The van der Waals surface area contributed by atoms with Gasteiger partial charge < -0.3 is 9.15 Å². The summed E-state index contributed by atoms with van der Waals surface area (Å²) in [6.07, 6.45) is 4.88. The zero-order valence-electron chi connectivity index (χ0n) is 12.1. The molecule has 0 aliphatic rings. The summed E-state index contributed by atoms with van der Waals surface area (Å²) < 4.78 is 32.6. The summed E-state index contributed by atoms with van der Waals surface area (Å²) in [4.78, 5) is 11.6. The van der Waals surface area contributed by atoms with Crippen LogP contribution in [0.2, 0.25) is 0 Å². The second-order valence-corrected chi connectivity index (χ2v) is 7.11. The minimum atomic E-state index is -3.94. The van der Waals surface area contributed by atoms with Crippen molar-refractivity contribution in [3.8, 4) is 0 Å². The van der Waals surface area contributed by atoms with Gasteiger partial charge in [0.05, 0.1) is 6.10 Å². The molecule has 21 heavy (non-hydrogen) atoms. The lowest BCUT2D eigenvalue weighted by Crippen LogP contribution is -2.15. The Labute approximate surface area is 133 Å². The highest BCUT2D eigenvalue weighted by Crippen LogP contribution is 2.26. The summed E-state index contributed by atoms with van der Waals surface area (Å²) in [5.74, 6) is -0.889. The van der Waals surface area contributed by atoms with E-state index in [1.165, 1.54) is 0 Å². The van der Waals surface area contributed by atoms with Gasteiger partial charge in [-0.25, -0.2) is 18.4 Å². The van der Waals surface area contributed by atoms with Crippen LogP contribution in [0.1, 0.15) is 56.5 Å². The molecule has 0 aromatic carbocycles. The van der Waals surface area contributed by atoms with Crippen molar-refractivity contribution in [3.63, 3.8) is 0 Å². The minimum absolute atomic E-state index is 0.104. The molecule has 0 aliphatic heterocycles. The van der Waals surface area contributed by atoms with Crippen molar-refractivity contribution >= 4 is 31.9 Å². The first-order valence-electron chi connectivity index (χ1n) is 6.78. The maximum Gasteiger partial charge on any atom is 0.374 e. The molecular weight excluding hydrogens is 362 g/mol. The average Bonchev–Trinajstić information content (AvgIpc) is 2.77. The number of esters is 1. The third-order valence-electron chi connectivity index (χ3n) is 2.94. The smallest absolute Gasteiger partial charge is 0.374 e. The van der Waals surface area contributed by atoms with Crippen molar-refractivity contribution < 1.29 is 22.4 Å². The van der Waals surface area contributed by atoms with Gasteiger partial charge in [-0.05, 0) is 35.7 Å². The van der Waals surface area contributed by atoms with Crippen LogP contribution in [0.5, 0.6) is 0 Å². The number of halogens is 1. The van der Waals surface area contributed by atoms with E-state index in [0.29, 0.717) is 0 Å². The molecule has 1 unspecified atom stereocenters. The van der Waals surface area contributed by atoms with E-state index in [4.69, 9.17) is 14.3 Å². The molecule has 1 heterocycles. The summed E-state index contributed by atoms with van der Waals surface area (Å²) >= 11 is 2.91. The maximum atomic E-state index is 11.9. The number of sulfonamides is 1. The highest BCUT2D eigenvalue weighted by molar-refractivity contribution is 9.10. The van der Waals surface area contributed by atoms with E-state index in [0.717, 1.165) is 38.2 Å². The highest BCUT2D eigenvalue weighted by atomic mass is 79.9. The first-order valence-corrected chi connectivity index (χ1v) is 9.12. The van der Waals surface area contributed by atoms with Gasteiger partial charge in [0.25, 0.3) is 0 Å². The molecule has 0 aliphatic carbocycles. The van der Waals surface area contributed by atoms with Crippen molar-refractivity contribution in [1.82, 2.24) is 0 Å². The lowest BCUT2D eigenvalue weighted by atomic mass is 10.1. The van der Waals surface area contributed by atoms with Crippen LogP contribution in [-0.4, -0.2) is 20.5 Å². The SMILES string of the molecule is CCCCCCC(C)OC(=O)c1cc(S(N)(=O)=O)c(Br)o1. The van der Waals surface area contributed by atoms with E-state index < -0.39 is 16.0 Å². The summed E-state index contributed by atoms with van der Waals surface area (Å²) in [6, 6.07) is 1.06. The largest absolute Gasteiger partial charge is 0.457 e. The number of nitrogens with two attached hydrogens (primary N) is 1. The van der Waals surface area contributed by atoms with Crippen LogP contribution in [-0.2, 0) is 14.8 Å². The van der Waals surface area contributed by atoms with Crippen LogP contribution in [0.3, 0.4) is 0 Å². The quantitative estimate of drug-likeness (QED) is 0.550. The zero-order chi connectivity index (χ0) is 16.0. The monoisotopic (exact) mass is 381 g/mol. The van der Waals surface area contributed by atoms with Crippen molar-refractivity contribution in [3.05, 3.63) is 16.5 Å². The molecule has 120 valence electrons. The Hall–Kier alpha value is -0.860. The Kier molecular flexibility index (Phi) is 6.89. The molecule has 1 atom stereocenters. The summed E-state index contributed by atoms with van der Waals surface area (Å²) in [5.41, 5.74) is 0. The molecule has 0 amide bonds. The fourth-order valence-corrected chi connectivity index (χ4v) is 3.31. The van der Waals surface area contributed by atoms with Gasteiger partial charge in [0.2, 0.25) is 15.8 Å². The van der Waals surface area contributed by atoms with Gasteiger partial charge in [0, 0.05) is 6.07 Å². The van der Waals surface area contributed by atoms with E-state index in [9.17, 15) is 13.2 Å². The summed E-state index contributed by atoms with van der Waals surface area (Å²) in [5, 5.41) is 5.00. The molecule has 2 N–H and O–H groups in total. The van der Waals surface area contributed by atoms with Gasteiger partial charge in [-0.3, -0.25) is 0 Å². The van der Waals surface area contributed by atoms with Crippen LogP contribution < -0.4 is 5.14 Å². The Morgan fingerprint density at radius 3 is 2.62 bits per heavy atom. The van der Waals surface area contributed by atoms with Crippen LogP contribution in [0, 0.1) is 0 Å². The number of carbonyl (C=O) groups excluding carboxylic acids is 1. The Bertz CT molecular complexity index is 581. The molecule has 0 saturated heterocycles. The van der Waals surface area contributed by atoms with Crippen molar-refractivity contribution in [2.24, 2.45) is 5.14 Å². The second-order valence-electron chi connectivity index (χ2n) is 4.86. The number of rotatable bonds is 8. The Morgan fingerprint density at radius 2 is 2.10 bits per heavy atom. The molecule has 6 nitrogen and oxygen atoms in total. The first kappa shape index (κ1) is 18.2. The fourth-order valence-electron chi connectivity index (χ4n) is 1.80. The molecule has 0 bridgehead atoms. The molecule has 1 aromatic heterocycles. The van der Waals surface area contributed by atoms with Gasteiger partial charge in [0.15, 0.2) is 4.67 Å². The minimum Gasteiger partial charge on any atom is -0.457 e. The van der Waals surface area contributed by atoms with Gasteiger partial charge in [0.1, 0.15) is 4.90 Å². The van der Waals surface area contributed by atoms with Crippen molar-refractivity contribution in [2.45, 2.75) is 57.0 Å². The van der Waals surface area contributed by atoms with Gasteiger partial charge >= 0.3 is 5.97 Å². The molecule has 1 rings (SSSR count). The number of hydrogen-bond acceptors (Lipinski definition) is 5. The number of carbonyl (C=O) groups is 1. The van der Waals surface area contributed by atoms with Crippen LogP contribution in [0.4, 0.5) is 0 Å². The predicted molar refractivity (Wildman–Crippen MR) is 81.4 cm³/mol. The second kappa shape index (κ2) is 7.95. The number of furan rings is 1. The van der Waals surface area contributed by atoms with Crippen LogP contribution in [0.25, 0.3) is 0 Å². The van der Waals surface area contributed by atoms with E-state index in [1.54, 1.807) is 6.92 Å². The summed E-state index contributed by atoms with van der Waals surface area (Å²) in [7, 11) is -3.94. The molecule has 1 aromatic rings. The number of primary sulfonamides is 1. The average molecular weight is 382 g/mol. The van der Waals surface area contributed by atoms with E-state index in [1.807, 2.05) is 0 Å².